The van der Waals surface area contributed by atoms with E-state index in [9.17, 15) is 8.42 Å². The Morgan fingerprint density at radius 3 is 0.783 bits per heavy atom. The van der Waals surface area contributed by atoms with Crippen LogP contribution in [0.15, 0.2) is 0 Å². The molecule has 0 rings (SSSR count). The molecule has 0 atom stereocenters. The van der Waals surface area contributed by atoms with Gasteiger partial charge in [0.25, 0.3) is 0 Å². The predicted molar refractivity (Wildman–Crippen MR) is 204 cm³/mol. The lowest BCUT2D eigenvalue weighted by molar-refractivity contribution is -0.929. The number of nitrogens with zero attached hydrogens (tertiary/aromatic N) is 1. The van der Waals surface area contributed by atoms with Crippen molar-refractivity contribution in [2.75, 3.05) is 39.4 Å². The van der Waals surface area contributed by atoms with Gasteiger partial charge < -0.3 is 4.48 Å². The monoisotopic (exact) mass is 677 g/mol. The van der Waals surface area contributed by atoms with Gasteiger partial charge in [0, 0.05) is 0 Å². The minimum atomic E-state index is -3.80. The van der Waals surface area contributed by atoms with Crippen molar-refractivity contribution >= 4 is 10.4 Å². The topological polar surface area (TPSA) is 52.6 Å². The van der Waals surface area contributed by atoms with E-state index in [1.54, 1.807) is 0 Å². The highest BCUT2D eigenvalue weighted by atomic mass is 32.3. The van der Waals surface area contributed by atoms with Crippen molar-refractivity contribution < 1.29 is 21.3 Å². The fourth-order valence-electron chi connectivity index (χ4n) is 6.18. The van der Waals surface area contributed by atoms with Gasteiger partial charge in [-0.2, -0.15) is 8.42 Å². The van der Waals surface area contributed by atoms with Crippen LogP contribution in [0, 0.1) is 0 Å². The van der Waals surface area contributed by atoms with Gasteiger partial charge in [0.15, 0.2) is 0 Å². The van der Waals surface area contributed by atoms with E-state index >= 15 is 0 Å². The van der Waals surface area contributed by atoms with E-state index in [0.717, 1.165) is 38.5 Å². The molecule has 0 aliphatic carbocycles. The van der Waals surface area contributed by atoms with E-state index in [4.69, 9.17) is 8.37 Å². The van der Waals surface area contributed by atoms with Gasteiger partial charge in [-0.25, -0.2) is 8.37 Å². The van der Waals surface area contributed by atoms with Crippen molar-refractivity contribution in [2.24, 2.45) is 0 Å². The van der Waals surface area contributed by atoms with Gasteiger partial charge in [0.2, 0.25) is 0 Å². The SMILES string of the molecule is CCCCCCCCCCCCOS(=O)(=O)OCCCCCCCCCCCC.CCCC[N+](CCCC)(CCCC)CCCC. The van der Waals surface area contributed by atoms with Crippen LogP contribution in [0.3, 0.4) is 0 Å². The molecular weight excluding hydrogens is 591 g/mol. The Labute approximate surface area is 291 Å². The zero-order valence-corrected chi connectivity index (χ0v) is 33.3. The van der Waals surface area contributed by atoms with Crippen LogP contribution in [0.1, 0.15) is 221 Å². The lowest BCUT2D eigenvalue weighted by Gasteiger charge is -2.39. The first-order chi connectivity index (χ1) is 22.4. The molecule has 280 valence electrons. The summed E-state index contributed by atoms with van der Waals surface area (Å²) in [7, 11) is -3.80. The number of hydrogen-bond donors (Lipinski definition) is 0. The number of unbranched alkanes of at least 4 members (excludes halogenated alkanes) is 22. The van der Waals surface area contributed by atoms with Crippen LogP contribution in [0.2, 0.25) is 0 Å². The minimum absolute atomic E-state index is 0.247. The molecule has 0 N–H and O–H groups in total. The Balaban J connectivity index is 0. The Morgan fingerprint density at radius 2 is 0.543 bits per heavy atom. The van der Waals surface area contributed by atoms with Crippen molar-refractivity contribution in [1.29, 1.82) is 0 Å². The van der Waals surface area contributed by atoms with Gasteiger partial charge >= 0.3 is 10.4 Å². The first kappa shape index (κ1) is 47.9. The Kier molecular flexibility index (Phi) is 39.2. The van der Waals surface area contributed by atoms with Crippen LogP contribution in [-0.4, -0.2) is 52.3 Å². The van der Waals surface area contributed by atoms with Gasteiger partial charge in [-0.05, 0) is 38.5 Å². The third kappa shape index (κ3) is 35.1. The summed E-state index contributed by atoms with van der Waals surface area (Å²) in [6.45, 7) is 20.0. The summed E-state index contributed by atoms with van der Waals surface area (Å²) in [6.07, 6.45) is 35.5. The van der Waals surface area contributed by atoms with Gasteiger partial charge in [0.05, 0.1) is 39.4 Å². The smallest absolute Gasteiger partial charge is 0.324 e. The fourth-order valence-corrected chi connectivity index (χ4v) is 6.89. The quantitative estimate of drug-likeness (QED) is 0.0489. The van der Waals surface area contributed by atoms with Crippen LogP contribution in [-0.2, 0) is 18.8 Å². The highest BCUT2D eigenvalue weighted by Crippen LogP contribution is 2.17. The first-order valence-electron chi connectivity index (χ1n) is 20.8. The second-order valence-electron chi connectivity index (χ2n) is 14.1. The molecular formula is C40H86NO4S+. The number of rotatable bonds is 36. The van der Waals surface area contributed by atoms with Gasteiger partial charge in [0.1, 0.15) is 0 Å². The Morgan fingerprint density at radius 1 is 0.326 bits per heavy atom. The molecule has 0 aromatic heterocycles. The minimum Gasteiger partial charge on any atom is -0.324 e. The average Bonchev–Trinajstić information content (AvgIpc) is 3.05. The van der Waals surface area contributed by atoms with Crippen LogP contribution in [0.25, 0.3) is 0 Å². The summed E-state index contributed by atoms with van der Waals surface area (Å²) in [5.41, 5.74) is 0. The zero-order chi connectivity index (χ0) is 34.5. The van der Waals surface area contributed by atoms with Crippen LogP contribution in [0.5, 0.6) is 0 Å². The van der Waals surface area contributed by atoms with Crippen LogP contribution >= 0.6 is 0 Å². The van der Waals surface area contributed by atoms with E-state index in [1.807, 2.05) is 0 Å². The summed E-state index contributed by atoms with van der Waals surface area (Å²) in [6, 6.07) is 0. The molecule has 0 bridgehead atoms. The number of hydrogen-bond acceptors (Lipinski definition) is 4. The molecule has 0 aliphatic rings. The third-order valence-corrected chi connectivity index (χ3v) is 10.3. The Hall–Kier alpha value is -0.170. The molecule has 0 saturated carbocycles. The van der Waals surface area contributed by atoms with Crippen molar-refractivity contribution in [3.63, 3.8) is 0 Å². The average molecular weight is 677 g/mol. The van der Waals surface area contributed by atoms with Crippen molar-refractivity contribution in [1.82, 2.24) is 0 Å². The molecule has 0 unspecified atom stereocenters. The lowest BCUT2D eigenvalue weighted by Crippen LogP contribution is -2.50. The normalized spacial score (nSPS) is 12.0. The number of quaternary nitrogens is 1. The Bertz CT molecular complexity index is 601. The zero-order valence-electron chi connectivity index (χ0n) is 32.5. The molecule has 6 heteroatoms. The predicted octanol–water partition coefficient (Wildman–Crippen LogP) is 13.1. The van der Waals surface area contributed by atoms with Crippen LogP contribution < -0.4 is 0 Å². The summed E-state index contributed by atoms with van der Waals surface area (Å²) >= 11 is 0. The molecule has 0 aromatic carbocycles. The molecule has 0 fully saturated rings. The van der Waals surface area contributed by atoms with E-state index in [-0.39, 0.29) is 13.2 Å². The highest BCUT2D eigenvalue weighted by molar-refractivity contribution is 7.81. The van der Waals surface area contributed by atoms with E-state index in [2.05, 4.69) is 41.5 Å². The maximum atomic E-state index is 11.7. The molecule has 5 nitrogen and oxygen atoms in total. The van der Waals surface area contributed by atoms with Gasteiger partial charge in [-0.1, -0.05) is 183 Å². The second kappa shape index (κ2) is 37.6. The fraction of sp³-hybridized carbons (Fsp3) is 1.00. The molecule has 46 heavy (non-hydrogen) atoms. The lowest BCUT2D eigenvalue weighted by atomic mass is 10.1. The summed E-state index contributed by atoms with van der Waals surface area (Å²) in [5, 5.41) is 0. The molecule has 0 saturated heterocycles. The van der Waals surface area contributed by atoms with E-state index in [1.165, 1.54) is 172 Å². The van der Waals surface area contributed by atoms with Gasteiger partial charge in [-0.15, -0.1) is 0 Å². The summed E-state index contributed by atoms with van der Waals surface area (Å²) in [5.74, 6) is 0. The molecule has 0 heterocycles. The van der Waals surface area contributed by atoms with Crippen LogP contribution in [0.4, 0.5) is 0 Å². The summed E-state index contributed by atoms with van der Waals surface area (Å²) in [4.78, 5) is 0. The molecule has 0 aliphatic heterocycles. The first-order valence-corrected chi connectivity index (χ1v) is 22.1. The van der Waals surface area contributed by atoms with E-state index in [0.29, 0.717) is 0 Å². The molecule has 0 spiro atoms. The molecule has 0 radical (unpaired) electrons. The largest absolute Gasteiger partial charge is 0.399 e. The summed E-state index contributed by atoms with van der Waals surface area (Å²) < 4.78 is 34.7. The third-order valence-electron chi connectivity index (χ3n) is 9.40. The maximum Gasteiger partial charge on any atom is 0.399 e. The van der Waals surface area contributed by atoms with Crippen molar-refractivity contribution in [2.45, 2.75) is 221 Å². The maximum absolute atomic E-state index is 11.7. The van der Waals surface area contributed by atoms with E-state index < -0.39 is 10.4 Å². The molecule has 0 amide bonds. The van der Waals surface area contributed by atoms with Crippen molar-refractivity contribution in [3.05, 3.63) is 0 Å². The molecule has 0 aromatic rings. The second-order valence-corrected chi connectivity index (χ2v) is 15.4. The van der Waals surface area contributed by atoms with Crippen molar-refractivity contribution in [3.8, 4) is 0 Å². The van der Waals surface area contributed by atoms with Gasteiger partial charge in [-0.3, -0.25) is 0 Å². The highest BCUT2D eigenvalue weighted by Gasteiger charge is 2.24. The standard InChI is InChI=1S/C24H50O4S.C16H36N/c1-3-5-7-9-11-13-15-17-19-21-23-27-29(25,26)28-24-22-20-18-16-14-12-10-8-6-4-2;1-5-9-13-17(14-10-6-2,15-11-7-3)16-12-8-4/h3-24H2,1-2H3;5-16H2,1-4H3/q;+1.